The van der Waals surface area contributed by atoms with Gasteiger partial charge in [0.25, 0.3) is 0 Å². The van der Waals surface area contributed by atoms with Crippen molar-refractivity contribution in [2.45, 2.75) is 44.1 Å². The molecule has 1 aliphatic rings. The van der Waals surface area contributed by atoms with Crippen LogP contribution in [0.5, 0.6) is 5.75 Å². The summed E-state index contributed by atoms with van der Waals surface area (Å²) in [7, 11) is 0. The Balaban J connectivity index is 1.64. The molecule has 0 bridgehead atoms. The van der Waals surface area contributed by atoms with Gasteiger partial charge in [-0.15, -0.1) is 0 Å². The first-order valence-corrected chi connectivity index (χ1v) is 9.57. The van der Waals surface area contributed by atoms with Crippen molar-refractivity contribution in [2.75, 3.05) is 22.7 Å². The van der Waals surface area contributed by atoms with Crippen LogP contribution in [0.25, 0.3) is 0 Å². The number of hydrogen-bond donors (Lipinski definition) is 1. The van der Waals surface area contributed by atoms with Gasteiger partial charge in [0, 0.05) is 18.0 Å². The number of para-hydroxylation sites is 2. The number of nitrogens with zero attached hydrogens (tertiary/aromatic N) is 1. The van der Waals surface area contributed by atoms with Gasteiger partial charge in [-0.2, -0.15) is 0 Å². The maximum Gasteiger partial charge on any atom is 0.119 e. The van der Waals surface area contributed by atoms with Crippen LogP contribution in [0.2, 0.25) is 0 Å². The monoisotopic (exact) mass is 342 g/mol. The third-order valence-corrected chi connectivity index (χ3v) is 4.90. The van der Waals surface area contributed by atoms with Crippen LogP contribution >= 0.6 is 11.9 Å². The normalized spacial score (nSPS) is 14.7. The molecule has 4 heteroatoms. The predicted molar refractivity (Wildman–Crippen MR) is 104 cm³/mol. The van der Waals surface area contributed by atoms with Crippen LogP contribution in [-0.4, -0.2) is 19.2 Å². The van der Waals surface area contributed by atoms with Gasteiger partial charge in [-0.1, -0.05) is 12.1 Å². The second-order valence-electron chi connectivity index (χ2n) is 6.41. The van der Waals surface area contributed by atoms with E-state index in [4.69, 9.17) is 4.74 Å². The molecule has 0 aliphatic carbocycles. The fourth-order valence-electron chi connectivity index (χ4n) is 2.94. The number of ether oxygens (including phenoxy) is 1. The van der Waals surface area contributed by atoms with Crippen molar-refractivity contribution in [3.8, 4) is 5.75 Å². The topological polar surface area (TPSA) is 24.5 Å². The van der Waals surface area contributed by atoms with E-state index in [0.29, 0.717) is 0 Å². The standard InChI is InChI=1S/C20H26N2OS/c1-16(2)23-17-10-12-18(13-11-17)24-21-19-8-4-5-9-20(19)22-14-6-3-7-15-22/h4-5,8-13,16,21H,3,6-7,14-15H2,1-2H3. The first kappa shape index (κ1) is 17.0. The summed E-state index contributed by atoms with van der Waals surface area (Å²) in [4.78, 5) is 3.67. The molecule has 24 heavy (non-hydrogen) atoms. The molecule has 0 unspecified atom stereocenters. The van der Waals surface area contributed by atoms with Crippen LogP contribution in [0.4, 0.5) is 11.4 Å². The van der Waals surface area contributed by atoms with E-state index in [0.717, 1.165) is 18.8 Å². The van der Waals surface area contributed by atoms with Gasteiger partial charge < -0.3 is 14.4 Å². The molecule has 128 valence electrons. The molecule has 3 nitrogen and oxygen atoms in total. The van der Waals surface area contributed by atoms with Crippen molar-refractivity contribution in [3.63, 3.8) is 0 Å². The van der Waals surface area contributed by atoms with Crippen LogP contribution < -0.4 is 14.4 Å². The molecule has 2 aromatic carbocycles. The second kappa shape index (κ2) is 8.34. The third-order valence-electron chi connectivity index (χ3n) is 4.08. The Morgan fingerprint density at radius 3 is 2.38 bits per heavy atom. The van der Waals surface area contributed by atoms with Gasteiger partial charge in [-0.05, 0) is 81.5 Å². The van der Waals surface area contributed by atoms with E-state index in [-0.39, 0.29) is 6.10 Å². The predicted octanol–water partition coefficient (Wildman–Crippen LogP) is 5.58. The molecule has 1 heterocycles. The summed E-state index contributed by atoms with van der Waals surface area (Å²) in [5.74, 6) is 0.920. The van der Waals surface area contributed by atoms with Crippen molar-refractivity contribution < 1.29 is 4.74 Å². The fraction of sp³-hybridized carbons (Fsp3) is 0.400. The molecule has 1 N–H and O–H groups in total. The first-order valence-electron chi connectivity index (χ1n) is 8.76. The number of piperidine rings is 1. The number of anilines is 2. The molecule has 1 saturated heterocycles. The minimum absolute atomic E-state index is 0.207. The summed E-state index contributed by atoms with van der Waals surface area (Å²) in [5.41, 5.74) is 2.50. The van der Waals surface area contributed by atoms with Gasteiger partial charge in [0.15, 0.2) is 0 Å². The fourth-order valence-corrected chi connectivity index (χ4v) is 3.62. The summed E-state index contributed by atoms with van der Waals surface area (Å²) in [5, 5.41) is 0. The molecule has 0 saturated carbocycles. The lowest BCUT2D eigenvalue weighted by atomic mass is 10.1. The molecule has 1 fully saturated rings. The maximum absolute atomic E-state index is 5.69. The van der Waals surface area contributed by atoms with Crippen LogP contribution in [-0.2, 0) is 0 Å². The molecule has 0 amide bonds. The SMILES string of the molecule is CC(C)Oc1ccc(SNc2ccccc2N2CCCCC2)cc1. The number of benzene rings is 2. The molecule has 0 atom stereocenters. The van der Waals surface area contributed by atoms with Crippen LogP contribution in [0.1, 0.15) is 33.1 Å². The highest BCUT2D eigenvalue weighted by molar-refractivity contribution is 8.00. The summed E-state index contributed by atoms with van der Waals surface area (Å²) < 4.78 is 9.22. The van der Waals surface area contributed by atoms with E-state index in [1.165, 1.54) is 35.5 Å². The van der Waals surface area contributed by atoms with E-state index in [1.807, 2.05) is 26.0 Å². The largest absolute Gasteiger partial charge is 0.491 e. The minimum atomic E-state index is 0.207. The zero-order valence-electron chi connectivity index (χ0n) is 14.5. The lowest BCUT2D eigenvalue weighted by molar-refractivity contribution is 0.242. The Morgan fingerprint density at radius 2 is 1.67 bits per heavy atom. The quantitative estimate of drug-likeness (QED) is 0.692. The number of rotatable bonds is 6. The van der Waals surface area contributed by atoms with Gasteiger partial charge in [-0.25, -0.2) is 0 Å². The first-order chi connectivity index (χ1) is 11.7. The molecule has 0 aromatic heterocycles. The van der Waals surface area contributed by atoms with Gasteiger partial charge in [-0.3, -0.25) is 0 Å². The van der Waals surface area contributed by atoms with Gasteiger partial charge in [0.1, 0.15) is 5.75 Å². The van der Waals surface area contributed by atoms with Crippen molar-refractivity contribution in [2.24, 2.45) is 0 Å². The van der Waals surface area contributed by atoms with Crippen molar-refractivity contribution in [1.29, 1.82) is 0 Å². The summed E-state index contributed by atoms with van der Waals surface area (Å²) in [6.07, 6.45) is 4.14. The van der Waals surface area contributed by atoms with Crippen LogP contribution in [0.15, 0.2) is 53.4 Å². The summed E-state index contributed by atoms with van der Waals surface area (Å²) in [6.45, 7) is 6.40. The van der Waals surface area contributed by atoms with Crippen molar-refractivity contribution in [3.05, 3.63) is 48.5 Å². The van der Waals surface area contributed by atoms with Gasteiger partial charge >= 0.3 is 0 Å². The summed E-state index contributed by atoms with van der Waals surface area (Å²) >= 11 is 1.65. The smallest absolute Gasteiger partial charge is 0.119 e. The summed E-state index contributed by atoms with van der Waals surface area (Å²) in [6, 6.07) is 16.8. The average Bonchev–Trinajstić information content (AvgIpc) is 2.62. The van der Waals surface area contributed by atoms with Crippen molar-refractivity contribution in [1.82, 2.24) is 0 Å². The van der Waals surface area contributed by atoms with Crippen LogP contribution in [0.3, 0.4) is 0 Å². The molecule has 0 radical (unpaired) electrons. The highest BCUT2D eigenvalue weighted by Crippen LogP contribution is 2.32. The van der Waals surface area contributed by atoms with Crippen molar-refractivity contribution >= 4 is 23.3 Å². The van der Waals surface area contributed by atoms with Gasteiger partial charge in [0.2, 0.25) is 0 Å². The van der Waals surface area contributed by atoms with Crippen LogP contribution in [0, 0.1) is 0 Å². The lowest BCUT2D eigenvalue weighted by Crippen LogP contribution is -2.29. The Labute approximate surface area is 149 Å². The minimum Gasteiger partial charge on any atom is -0.491 e. The Morgan fingerprint density at radius 1 is 0.958 bits per heavy atom. The molecular weight excluding hydrogens is 316 g/mol. The zero-order chi connectivity index (χ0) is 16.8. The molecule has 1 aliphatic heterocycles. The maximum atomic E-state index is 5.69. The van der Waals surface area contributed by atoms with E-state index in [1.54, 1.807) is 11.9 Å². The van der Waals surface area contributed by atoms with E-state index in [9.17, 15) is 0 Å². The second-order valence-corrected chi connectivity index (χ2v) is 7.29. The van der Waals surface area contributed by atoms with Gasteiger partial charge in [0.05, 0.1) is 17.5 Å². The molecule has 3 rings (SSSR count). The van der Waals surface area contributed by atoms with E-state index >= 15 is 0 Å². The van der Waals surface area contributed by atoms with E-state index in [2.05, 4.69) is 46.0 Å². The molecule has 0 spiro atoms. The Kier molecular flexibility index (Phi) is 5.91. The Hall–Kier alpha value is -1.81. The number of hydrogen-bond acceptors (Lipinski definition) is 4. The average molecular weight is 343 g/mol. The third kappa shape index (κ3) is 4.60. The molecule has 2 aromatic rings. The lowest BCUT2D eigenvalue weighted by Gasteiger charge is -2.30. The van der Waals surface area contributed by atoms with E-state index < -0.39 is 0 Å². The highest BCUT2D eigenvalue weighted by Gasteiger charge is 2.14. The zero-order valence-corrected chi connectivity index (χ0v) is 15.3. The number of nitrogens with one attached hydrogen (secondary N) is 1. The molecular formula is C20H26N2OS. The Bertz CT molecular complexity index is 636. The highest BCUT2D eigenvalue weighted by atomic mass is 32.2.